The highest BCUT2D eigenvalue weighted by Crippen LogP contribution is 2.31. The number of aryl methyl sites for hydroxylation is 1. The minimum Gasteiger partial charge on any atom is -0.350 e. The van der Waals surface area contributed by atoms with Gasteiger partial charge in [0.25, 0.3) is 17.1 Å². The van der Waals surface area contributed by atoms with Crippen LogP contribution in [0.1, 0.15) is 27.2 Å². The molecule has 0 aliphatic carbocycles. The van der Waals surface area contributed by atoms with Crippen LogP contribution < -0.4 is 5.32 Å². The normalized spacial score (nSPS) is 14.8. The lowest BCUT2D eigenvalue weighted by Crippen LogP contribution is -2.37. The fourth-order valence-electron chi connectivity index (χ4n) is 3.44. The van der Waals surface area contributed by atoms with Crippen LogP contribution in [0.2, 0.25) is 5.15 Å². The lowest BCUT2D eigenvalue weighted by atomic mass is 10.2. The molecule has 7 nitrogen and oxygen atoms in total. The number of nitrogens with zero attached hydrogens (tertiary/aromatic N) is 3. The van der Waals surface area contributed by atoms with Crippen LogP contribution in [0.5, 0.6) is 0 Å². The summed E-state index contributed by atoms with van der Waals surface area (Å²) in [6, 6.07) is 15.2. The second-order valence-corrected chi connectivity index (χ2v) is 8.89. The molecule has 3 aromatic rings. The number of imide groups is 1. The summed E-state index contributed by atoms with van der Waals surface area (Å²) in [5.74, 6) is -1.20. The number of halogens is 2. The monoisotopic (exact) mass is 498 g/mol. The Bertz CT molecular complexity index is 1280. The Labute approximate surface area is 204 Å². The van der Waals surface area contributed by atoms with E-state index in [0.717, 1.165) is 27.8 Å². The molecule has 1 aliphatic heterocycles. The molecule has 0 saturated carbocycles. The number of benzene rings is 2. The maximum absolute atomic E-state index is 13.1. The van der Waals surface area contributed by atoms with Crippen molar-refractivity contribution in [3.05, 3.63) is 92.9 Å². The van der Waals surface area contributed by atoms with Gasteiger partial charge in [-0.25, -0.2) is 9.07 Å². The number of thioether (sulfide) groups is 1. The molecule has 1 aliphatic rings. The Morgan fingerprint density at radius 2 is 1.85 bits per heavy atom. The van der Waals surface area contributed by atoms with Crippen molar-refractivity contribution in [1.82, 2.24) is 20.0 Å². The second kappa shape index (κ2) is 10.2. The molecule has 1 fully saturated rings. The summed E-state index contributed by atoms with van der Waals surface area (Å²) in [7, 11) is 0. The van der Waals surface area contributed by atoms with E-state index in [1.165, 1.54) is 16.8 Å². The number of carbonyl (C=O) groups is 3. The molecule has 1 saturated heterocycles. The van der Waals surface area contributed by atoms with Gasteiger partial charge < -0.3 is 5.32 Å². The first-order valence-electron chi connectivity index (χ1n) is 10.4. The first-order chi connectivity index (χ1) is 16.3. The van der Waals surface area contributed by atoms with Crippen molar-refractivity contribution in [3.63, 3.8) is 0 Å². The van der Waals surface area contributed by atoms with Gasteiger partial charge in [-0.15, -0.1) is 0 Å². The summed E-state index contributed by atoms with van der Waals surface area (Å²) in [5.41, 5.74) is 2.24. The van der Waals surface area contributed by atoms with Gasteiger partial charge >= 0.3 is 0 Å². The molecular formula is C24H20ClFN4O3S. The van der Waals surface area contributed by atoms with Crippen LogP contribution in [0.4, 0.5) is 9.18 Å². The number of carbonyl (C=O) groups excluding carboxylic acids is 3. The van der Waals surface area contributed by atoms with Gasteiger partial charge in [-0.05, 0) is 48.0 Å². The summed E-state index contributed by atoms with van der Waals surface area (Å²) < 4.78 is 14.6. The number of rotatable bonds is 7. The average Bonchev–Trinajstić information content (AvgIpc) is 3.24. The van der Waals surface area contributed by atoms with Gasteiger partial charge in [0, 0.05) is 13.1 Å². The molecule has 1 N–H and O–H groups in total. The van der Waals surface area contributed by atoms with Gasteiger partial charge in [0.15, 0.2) is 0 Å². The molecule has 174 valence electrons. The van der Waals surface area contributed by atoms with Crippen molar-refractivity contribution in [3.8, 4) is 0 Å². The fourth-order valence-corrected chi connectivity index (χ4v) is 4.63. The first kappa shape index (κ1) is 23.7. The number of amides is 3. The number of aromatic nitrogens is 2. The van der Waals surface area contributed by atoms with E-state index in [4.69, 9.17) is 11.6 Å². The minimum absolute atomic E-state index is 0.0307. The predicted octanol–water partition coefficient (Wildman–Crippen LogP) is 4.50. The van der Waals surface area contributed by atoms with Crippen LogP contribution >= 0.6 is 23.4 Å². The van der Waals surface area contributed by atoms with Crippen molar-refractivity contribution in [1.29, 1.82) is 0 Å². The summed E-state index contributed by atoms with van der Waals surface area (Å²) >= 11 is 7.26. The molecule has 34 heavy (non-hydrogen) atoms. The molecular weight excluding hydrogens is 479 g/mol. The Morgan fingerprint density at radius 1 is 1.15 bits per heavy atom. The Balaban J connectivity index is 1.37. The van der Waals surface area contributed by atoms with E-state index in [1.807, 2.05) is 30.3 Å². The van der Waals surface area contributed by atoms with E-state index >= 15 is 0 Å². The molecule has 10 heteroatoms. The number of hydrogen-bond donors (Lipinski definition) is 1. The standard InChI is InChI=1S/C24H20ClFN4O3S/c1-15-20(21(25)30(28-15)14-17-7-9-18(26)10-8-17)22(31)27-11-12-29-23(32)19(34-24(29)33)13-16-5-3-2-4-6-16/h2-10,13H,11-12,14H2,1H3,(H,27,31)/b19-13-. The van der Waals surface area contributed by atoms with E-state index in [-0.39, 0.29) is 41.4 Å². The first-order valence-corrected chi connectivity index (χ1v) is 11.6. The van der Waals surface area contributed by atoms with Crippen molar-refractivity contribution >= 4 is 46.5 Å². The molecule has 3 amide bonds. The van der Waals surface area contributed by atoms with Gasteiger partial charge in [0.1, 0.15) is 11.0 Å². The molecule has 0 bridgehead atoms. The molecule has 2 heterocycles. The van der Waals surface area contributed by atoms with Gasteiger partial charge in [-0.2, -0.15) is 5.10 Å². The minimum atomic E-state index is -0.459. The fraction of sp³-hybridized carbons (Fsp3) is 0.167. The van der Waals surface area contributed by atoms with Gasteiger partial charge in [0.2, 0.25) is 0 Å². The maximum atomic E-state index is 13.1. The van der Waals surface area contributed by atoms with Crippen LogP contribution in [-0.4, -0.2) is 44.8 Å². The van der Waals surface area contributed by atoms with Gasteiger partial charge in [-0.1, -0.05) is 54.1 Å². The number of hydrogen-bond acceptors (Lipinski definition) is 5. The molecule has 0 unspecified atom stereocenters. The average molecular weight is 499 g/mol. The summed E-state index contributed by atoms with van der Waals surface area (Å²) in [4.78, 5) is 39.1. The van der Waals surface area contributed by atoms with Crippen LogP contribution in [-0.2, 0) is 11.3 Å². The third-order valence-electron chi connectivity index (χ3n) is 5.13. The van der Waals surface area contributed by atoms with E-state index in [0.29, 0.717) is 10.6 Å². The molecule has 0 atom stereocenters. The highest BCUT2D eigenvalue weighted by molar-refractivity contribution is 8.18. The largest absolute Gasteiger partial charge is 0.350 e. The van der Waals surface area contributed by atoms with Crippen LogP contribution in [0.15, 0.2) is 59.5 Å². The SMILES string of the molecule is Cc1nn(Cc2ccc(F)cc2)c(Cl)c1C(=O)NCCN1C(=O)S/C(=C\c2ccccc2)C1=O. The van der Waals surface area contributed by atoms with E-state index in [9.17, 15) is 18.8 Å². The Hall–Kier alpha value is -3.43. The number of nitrogens with one attached hydrogen (secondary N) is 1. The molecule has 2 aromatic carbocycles. The van der Waals surface area contributed by atoms with Crippen LogP contribution in [0.25, 0.3) is 6.08 Å². The molecule has 4 rings (SSSR count). The van der Waals surface area contributed by atoms with E-state index in [1.54, 1.807) is 25.1 Å². The van der Waals surface area contributed by atoms with E-state index in [2.05, 4.69) is 10.4 Å². The third kappa shape index (κ3) is 5.21. The topological polar surface area (TPSA) is 84.3 Å². The highest BCUT2D eigenvalue weighted by atomic mass is 35.5. The Kier molecular flexibility index (Phi) is 7.14. The molecule has 0 radical (unpaired) electrons. The quantitative estimate of drug-likeness (QED) is 0.485. The van der Waals surface area contributed by atoms with Crippen molar-refractivity contribution < 1.29 is 18.8 Å². The highest BCUT2D eigenvalue weighted by Gasteiger charge is 2.34. The zero-order valence-electron chi connectivity index (χ0n) is 18.1. The molecule has 1 aromatic heterocycles. The lowest BCUT2D eigenvalue weighted by molar-refractivity contribution is -0.122. The summed E-state index contributed by atoms with van der Waals surface area (Å²) in [6.45, 7) is 2.03. The summed E-state index contributed by atoms with van der Waals surface area (Å²) in [6.07, 6.45) is 1.67. The predicted molar refractivity (Wildman–Crippen MR) is 129 cm³/mol. The van der Waals surface area contributed by atoms with Gasteiger partial charge in [-0.3, -0.25) is 19.3 Å². The smallest absolute Gasteiger partial charge is 0.293 e. The van der Waals surface area contributed by atoms with Crippen molar-refractivity contribution in [2.45, 2.75) is 13.5 Å². The van der Waals surface area contributed by atoms with Crippen LogP contribution in [0.3, 0.4) is 0 Å². The third-order valence-corrected chi connectivity index (χ3v) is 6.42. The zero-order valence-corrected chi connectivity index (χ0v) is 19.7. The van der Waals surface area contributed by atoms with E-state index < -0.39 is 11.8 Å². The van der Waals surface area contributed by atoms with Crippen molar-refractivity contribution in [2.75, 3.05) is 13.1 Å². The molecule has 0 spiro atoms. The van der Waals surface area contributed by atoms with Crippen molar-refractivity contribution in [2.24, 2.45) is 0 Å². The van der Waals surface area contributed by atoms with Crippen LogP contribution in [0, 0.1) is 12.7 Å². The second-order valence-electron chi connectivity index (χ2n) is 7.54. The summed E-state index contributed by atoms with van der Waals surface area (Å²) in [5, 5.41) is 6.77. The zero-order chi connectivity index (χ0) is 24.2. The lowest BCUT2D eigenvalue weighted by Gasteiger charge is -2.13. The van der Waals surface area contributed by atoms with Gasteiger partial charge in [0.05, 0.1) is 22.7 Å². The Morgan fingerprint density at radius 3 is 2.56 bits per heavy atom. The maximum Gasteiger partial charge on any atom is 0.293 e.